The predicted octanol–water partition coefficient (Wildman–Crippen LogP) is 19.2. The van der Waals surface area contributed by atoms with Crippen molar-refractivity contribution in [1.29, 1.82) is 0 Å². The summed E-state index contributed by atoms with van der Waals surface area (Å²) >= 11 is 0. The molecule has 21 nitrogen and oxygen atoms in total. The molecule has 7 atom stereocenters. The van der Waals surface area contributed by atoms with Gasteiger partial charge in [0, 0.05) is 23.1 Å². The van der Waals surface area contributed by atoms with E-state index in [1.807, 2.05) is 206 Å². The van der Waals surface area contributed by atoms with Gasteiger partial charge in [0.2, 0.25) is 0 Å². The summed E-state index contributed by atoms with van der Waals surface area (Å²) in [5.74, 6) is -3.15. The van der Waals surface area contributed by atoms with Gasteiger partial charge >= 0.3 is 36.2 Å². The molecule has 3 amide bonds. The molecule has 108 heavy (non-hydrogen) atoms. The van der Waals surface area contributed by atoms with Crippen LogP contribution in [0.3, 0.4) is 0 Å². The lowest BCUT2D eigenvalue weighted by Crippen LogP contribution is -2.23. The minimum Gasteiger partial charge on any atom is -0.481 e. The second-order valence-corrected chi connectivity index (χ2v) is 28.0. The van der Waals surface area contributed by atoms with E-state index in [1.54, 1.807) is 58.0 Å². The SMILES string of the molecule is Cc1noc(-c2ccc(-c3cccc(C4(C(=O)O)CC4Cc4onc(-c5ccc(-c6cccc(C7(C(=O)O)CC7Cc7noc(-c8ccc(-c9ccccc9C9(C(=O)O)CC9)cc8)c7NC(=O)OC(C)c7ccccc7)c6)cc5)c4NC(=O)OC(C)c4ccccc4)c3)cc2)c1NC(=O)OC(C)c1ccccc1. The number of carbonyl (C=O) groups is 6. The van der Waals surface area contributed by atoms with Crippen LogP contribution in [0.1, 0.15) is 115 Å². The largest absolute Gasteiger partial charge is 0.481 e. The molecule has 0 saturated heterocycles. The standard InChI is InChI=1S/C87H74N6O15/c1-50-73(88-82(100)103-51(2)54-18-8-5-9-19-54)77(107-91-50)61-38-32-58(33-39-61)64-25-17-27-66(45-64)87(81(98)99)49-68(87)47-72-76(90-84(102)105-53(4)56-22-12-7-13-23-56)74(93-106-72)60-36-30-57(31-37-60)63-24-16-26-65(44-63)86(80(96)97)48-67(86)46-71-75(89-83(101)104-52(3)55-20-10-6-11-21-55)78(108-92-71)62-40-34-59(35-41-62)69-28-14-15-29-70(69)85(42-43-85)79(94)95/h5-41,44-45,51-53,67-68H,42-43,46-49H2,1-4H3,(H,88,100)(H,89,101)(H,90,102)(H,94,95)(H,96,97)(H,98,99). The van der Waals surface area contributed by atoms with Crippen LogP contribution in [0.15, 0.2) is 250 Å². The Kier molecular flexibility index (Phi) is 19.0. The van der Waals surface area contributed by atoms with E-state index in [-0.39, 0.29) is 54.3 Å². The Morgan fingerprint density at radius 2 is 0.843 bits per heavy atom. The van der Waals surface area contributed by atoms with Gasteiger partial charge in [0.1, 0.15) is 52.5 Å². The Morgan fingerprint density at radius 3 is 1.32 bits per heavy atom. The van der Waals surface area contributed by atoms with E-state index < -0.39 is 82.6 Å². The van der Waals surface area contributed by atoms with E-state index >= 15 is 0 Å². The minimum atomic E-state index is -1.36. The topological polar surface area (TPSA) is 305 Å². The Bertz CT molecular complexity index is 5390. The molecule has 3 saturated carbocycles. The number of nitrogens with zero attached hydrogens (tertiary/aromatic N) is 3. The fourth-order valence-corrected chi connectivity index (χ4v) is 14.9. The Labute approximate surface area is 620 Å². The van der Waals surface area contributed by atoms with Gasteiger partial charge in [-0.25, -0.2) is 14.4 Å². The highest BCUT2D eigenvalue weighted by Crippen LogP contribution is 2.59. The molecule has 0 radical (unpaired) electrons. The Morgan fingerprint density at radius 1 is 0.426 bits per heavy atom. The number of carbonyl (C=O) groups excluding carboxylic acids is 3. The van der Waals surface area contributed by atoms with Crippen LogP contribution in [0.25, 0.3) is 67.3 Å². The quantitative estimate of drug-likeness (QED) is 0.0290. The molecule has 3 aliphatic rings. The normalized spacial score (nSPS) is 18.1. The number of anilines is 3. The van der Waals surface area contributed by atoms with Crippen molar-refractivity contribution in [2.24, 2.45) is 11.8 Å². The van der Waals surface area contributed by atoms with Crippen molar-refractivity contribution in [2.75, 3.05) is 16.0 Å². The van der Waals surface area contributed by atoms with Gasteiger partial charge in [0.25, 0.3) is 0 Å². The molecule has 542 valence electrons. The predicted molar refractivity (Wildman–Crippen MR) is 403 cm³/mol. The highest BCUT2D eigenvalue weighted by Gasteiger charge is 2.63. The van der Waals surface area contributed by atoms with Gasteiger partial charge in [-0.3, -0.25) is 30.3 Å². The summed E-state index contributed by atoms with van der Waals surface area (Å²) in [6.07, 6.45) is -2.29. The smallest absolute Gasteiger partial charge is 0.412 e. The first-order chi connectivity index (χ1) is 52.3. The van der Waals surface area contributed by atoms with Gasteiger partial charge in [-0.1, -0.05) is 240 Å². The van der Waals surface area contributed by atoms with Gasteiger partial charge in [-0.15, -0.1) is 0 Å². The molecule has 0 spiro atoms. The summed E-state index contributed by atoms with van der Waals surface area (Å²) in [4.78, 5) is 80.9. The van der Waals surface area contributed by atoms with Gasteiger partial charge in [0.05, 0.1) is 16.2 Å². The Hall–Kier alpha value is -13.2. The second kappa shape index (κ2) is 29.1. The number of aromatic nitrogens is 3. The van der Waals surface area contributed by atoms with Crippen molar-refractivity contribution in [3.63, 3.8) is 0 Å². The van der Waals surface area contributed by atoms with Crippen molar-refractivity contribution in [2.45, 2.75) is 101 Å². The number of aryl methyl sites for hydroxylation is 1. The average Bonchev–Trinajstić information content (AvgIpc) is 1.57. The van der Waals surface area contributed by atoms with Crippen LogP contribution in [0, 0.1) is 18.8 Å². The lowest BCUT2D eigenvalue weighted by atomic mass is 9.88. The molecule has 6 N–H and O–H groups in total. The number of rotatable bonds is 25. The van der Waals surface area contributed by atoms with Crippen LogP contribution < -0.4 is 16.0 Å². The van der Waals surface area contributed by atoms with Crippen LogP contribution in [0.4, 0.5) is 31.4 Å². The summed E-state index contributed by atoms with van der Waals surface area (Å²) in [6, 6.07) is 72.1. The zero-order chi connectivity index (χ0) is 75.0. The zero-order valence-electron chi connectivity index (χ0n) is 59.2. The number of carboxylic acid groups (broad SMARTS) is 3. The molecule has 21 heteroatoms. The number of hydrogen-bond donors (Lipinski definition) is 6. The van der Waals surface area contributed by atoms with E-state index in [9.17, 15) is 44.1 Å². The molecule has 0 aliphatic heterocycles. The molecule has 7 unspecified atom stereocenters. The Balaban J connectivity index is 0.669. The summed E-state index contributed by atoms with van der Waals surface area (Å²) in [6.45, 7) is 7.01. The molecule has 12 aromatic rings. The summed E-state index contributed by atoms with van der Waals surface area (Å²) in [7, 11) is 0. The van der Waals surface area contributed by atoms with E-state index in [4.69, 9.17) is 27.8 Å². The number of benzene rings is 9. The van der Waals surface area contributed by atoms with Crippen LogP contribution in [0.2, 0.25) is 0 Å². The molecule has 3 aromatic heterocycles. The number of hydrogen-bond acceptors (Lipinski definition) is 15. The number of carboxylic acids is 3. The van der Waals surface area contributed by atoms with Crippen LogP contribution >= 0.6 is 0 Å². The van der Waals surface area contributed by atoms with Crippen LogP contribution in [-0.2, 0) is 57.7 Å². The first kappa shape index (κ1) is 70.5. The lowest BCUT2D eigenvalue weighted by Gasteiger charge is -2.16. The van der Waals surface area contributed by atoms with Gasteiger partial charge in [-0.2, -0.15) is 0 Å². The van der Waals surface area contributed by atoms with E-state index in [2.05, 4.69) is 31.4 Å². The van der Waals surface area contributed by atoms with Crippen LogP contribution in [0.5, 0.6) is 0 Å². The summed E-state index contributed by atoms with van der Waals surface area (Å²) < 4.78 is 35.3. The third kappa shape index (κ3) is 13.8. The molecule has 3 aliphatic carbocycles. The van der Waals surface area contributed by atoms with Gasteiger partial charge in [0.15, 0.2) is 17.3 Å². The lowest BCUT2D eigenvalue weighted by molar-refractivity contribution is -0.141. The molecule has 9 aromatic carbocycles. The summed E-state index contributed by atoms with van der Waals surface area (Å²) in [5.41, 5.74) is 8.70. The fraction of sp³-hybridized carbons (Fsp3) is 0.207. The first-order valence-electron chi connectivity index (χ1n) is 35.6. The monoisotopic (exact) mass is 1440 g/mol. The van der Waals surface area contributed by atoms with E-state index in [1.165, 1.54) is 0 Å². The minimum absolute atomic E-state index is 0.0735. The van der Waals surface area contributed by atoms with Crippen molar-refractivity contribution >= 4 is 53.2 Å². The third-order valence-electron chi connectivity index (χ3n) is 21.4. The van der Waals surface area contributed by atoms with Crippen molar-refractivity contribution in [1.82, 2.24) is 15.5 Å². The van der Waals surface area contributed by atoms with E-state index in [0.717, 1.165) is 50.1 Å². The second-order valence-electron chi connectivity index (χ2n) is 28.0. The van der Waals surface area contributed by atoms with Crippen molar-refractivity contribution in [3.05, 3.63) is 287 Å². The maximum Gasteiger partial charge on any atom is 0.412 e. The molecule has 0 bridgehead atoms. The number of aliphatic carboxylic acids is 3. The summed E-state index contributed by atoms with van der Waals surface area (Å²) in [5, 5.41) is 54.3. The maximum absolute atomic E-state index is 14.0. The molecule has 15 rings (SSSR count). The number of amides is 3. The fourth-order valence-electron chi connectivity index (χ4n) is 14.9. The highest BCUT2D eigenvalue weighted by molar-refractivity contribution is 5.95. The average molecular weight is 1440 g/mol. The maximum atomic E-state index is 14.0. The van der Waals surface area contributed by atoms with Crippen molar-refractivity contribution < 1.29 is 71.9 Å². The highest BCUT2D eigenvalue weighted by atomic mass is 16.6. The molecular weight excluding hydrogens is 1370 g/mol. The van der Waals surface area contributed by atoms with Crippen molar-refractivity contribution in [3.8, 4) is 67.3 Å². The van der Waals surface area contributed by atoms with Gasteiger partial charge in [-0.05, 0) is 151 Å². The van der Waals surface area contributed by atoms with Crippen LogP contribution in [-0.4, -0.2) is 67.0 Å². The number of ether oxygens (including phenoxy) is 3. The number of nitrogens with one attached hydrogen (secondary N) is 3. The molecule has 3 fully saturated rings. The zero-order valence-corrected chi connectivity index (χ0v) is 59.2. The molecule has 3 heterocycles. The molecular formula is C87H74N6O15. The van der Waals surface area contributed by atoms with Gasteiger partial charge < -0.3 is 43.1 Å². The first-order valence-corrected chi connectivity index (χ1v) is 35.6. The van der Waals surface area contributed by atoms with E-state index in [0.29, 0.717) is 69.1 Å². The third-order valence-corrected chi connectivity index (χ3v) is 21.4.